The Balaban J connectivity index is 1.58. The molecule has 0 bridgehead atoms. The lowest BCUT2D eigenvalue weighted by molar-refractivity contribution is -0.134. The van der Waals surface area contributed by atoms with Gasteiger partial charge < -0.3 is 15.5 Å². The van der Waals surface area contributed by atoms with Crippen LogP contribution in [0.4, 0.5) is 0 Å². The topological polar surface area (TPSA) is 64.7 Å². The number of nitrogens with one attached hydrogen (secondary N) is 2. The van der Waals surface area contributed by atoms with E-state index in [1.807, 2.05) is 0 Å². The molecular formula is C24H36N4O2. The highest BCUT2D eigenvalue weighted by atomic mass is 16.2. The fourth-order valence-electron chi connectivity index (χ4n) is 5.59. The molecule has 1 aromatic carbocycles. The van der Waals surface area contributed by atoms with Crippen molar-refractivity contribution in [2.45, 2.75) is 57.5 Å². The van der Waals surface area contributed by atoms with Gasteiger partial charge in [-0.1, -0.05) is 30.7 Å². The van der Waals surface area contributed by atoms with Crippen molar-refractivity contribution in [3.05, 3.63) is 35.4 Å². The number of likely N-dealkylation sites (tertiary alicyclic amines) is 1. The Morgan fingerprint density at radius 1 is 1.23 bits per heavy atom. The molecule has 4 rings (SSSR count). The van der Waals surface area contributed by atoms with Gasteiger partial charge in [-0.05, 0) is 62.4 Å². The molecule has 6 nitrogen and oxygen atoms in total. The zero-order valence-corrected chi connectivity index (χ0v) is 18.3. The number of amides is 2. The first-order valence-corrected chi connectivity index (χ1v) is 11.6. The van der Waals surface area contributed by atoms with E-state index in [1.54, 1.807) is 0 Å². The van der Waals surface area contributed by atoms with Crippen LogP contribution in [0.3, 0.4) is 0 Å². The molecule has 0 aromatic heterocycles. The monoisotopic (exact) mass is 412 g/mol. The number of nitrogens with zero attached hydrogens (tertiary/aromatic N) is 2. The Kier molecular flexibility index (Phi) is 6.74. The van der Waals surface area contributed by atoms with E-state index in [4.69, 9.17) is 0 Å². The summed E-state index contributed by atoms with van der Waals surface area (Å²) >= 11 is 0. The number of piperidine rings is 1. The van der Waals surface area contributed by atoms with Crippen molar-refractivity contribution >= 4 is 11.8 Å². The van der Waals surface area contributed by atoms with Crippen LogP contribution in [0.25, 0.3) is 0 Å². The number of carbonyl (C=O) groups excluding carboxylic acids is 2. The maximum atomic E-state index is 13.2. The van der Waals surface area contributed by atoms with E-state index in [0.717, 1.165) is 45.6 Å². The van der Waals surface area contributed by atoms with Crippen molar-refractivity contribution in [2.75, 3.05) is 39.3 Å². The maximum Gasteiger partial charge on any atom is 0.224 e. The minimum absolute atomic E-state index is 0.0249. The van der Waals surface area contributed by atoms with E-state index in [1.165, 1.54) is 37.3 Å². The molecule has 2 unspecified atom stereocenters. The summed E-state index contributed by atoms with van der Waals surface area (Å²) in [5, 5.41) is 6.29. The van der Waals surface area contributed by atoms with Crippen LogP contribution in [0.2, 0.25) is 0 Å². The quantitative estimate of drug-likeness (QED) is 0.776. The lowest BCUT2D eigenvalue weighted by atomic mass is 9.80. The number of fused-ring (bicyclic) bond motifs is 1. The van der Waals surface area contributed by atoms with Crippen molar-refractivity contribution in [1.82, 2.24) is 20.4 Å². The summed E-state index contributed by atoms with van der Waals surface area (Å²) in [4.78, 5) is 29.2. The molecule has 0 radical (unpaired) electrons. The van der Waals surface area contributed by atoms with E-state index >= 15 is 0 Å². The smallest absolute Gasteiger partial charge is 0.224 e. The van der Waals surface area contributed by atoms with Gasteiger partial charge in [-0.2, -0.15) is 0 Å². The number of carbonyl (C=O) groups is 2. The average Bonchev–Trinajstić information content (AvgIpc) is 3.17. The van der Waals surface area contributed by atoms with E-state index in [2.05, 4.69) is 44.7 Å². The Hall–Kier alpha value is -1.92. The second-order valence-corrected chi connectivity index (χ2v) is 9.41. The van der Waals surface area contributed by atoms with Gasteiger partial charge in [0, 0.05) is 45.1 Å². The molecule has 2 atom stereocenters. The van der Waals surface area contributed by atoms with Crippen LogP contribution in [-0.4, -0.2) is 66.4 Å². The van der Waals surface area contributed by atoms with Crippen LogP contribution in [0.5, 0.6) is 0 Å². The Bertz CT molecular complexity index is 761. The van der Waals surface area contributed by atoms with E-state index in [9.17, 15) is 9.59 Å². The van der Waals surface area contributed by atoms with Crippen molar-refractivity contribution in [1.29, 1.82) is 0 Å². The number of rotatable bonds is 5. The highest BCUT2D eigenvalue weighted by Gasteiger charge is 2.43. The standard InChI is InChI=1S/C24H36N4O2/c1-19(29)26-12-9-23(30)27-17-22-7-3-2-6-21(22)14-24(18-27)10-4-5-13-28(24)16-20-8-11-25-15-20/h2-3,6-7,20,25H,4-5,8-18H2,1H3,(H,26,29). The molecule has 1 aromatic rings. The highest BCUT2D eigenvalue weighted by Crippen LogP contribution is 2.37. The van der Waals surface area contributed by atoms with Crippen LogP contribution in [0, 0.1) is 5.92 Å². The predicted octanol–water partition coefficient (Wildman–Crippen LogP) is 1.93. The zero-order chi connectivity index (χ0) is 21.0. The molecule has 164 valence electrons. The van der Waals surface area contributed by atoms with Gasteiger partial charge in [-0.25, -0.2) is 0 Å². The maximum absolute atomic E-state index is 13.2. The molecule has 0 aliphatic carbocycles. The van der Waals surface area contributed by atoms with Gasteiger partial charge in [0.2, 0.25) is 11.8 Å². The van der Waals surface area contributed by atoms with Gasteiger partial charge >= 0.3 is 0 Å². The number of benzene rings is 1. The van der Waals surface area contributed by atoms with E-state index in [-0.39, 0.29) is 17.4 Å². The van der Waals surface area contributed by atoms with Crippen LogP contribution < -0.4 is 10.6 Å². The summed E-state index contributed by atoms with van der Waals surface area (Å²) in [6.07, 6.45) is 6.28. The Morgan fingerprint density at radius 2 is 2.07 bits per heavy atom. The lowest BCUT2D eigenvalue weighted by Crippen LogP contribution is -2.60. The molecule has 3 aliphatic heterocycles. The molecule has 3 aliphatic rings. The summed E-state index contributed by atoms with van der Waals surface area (Å²) in [6, 6.07) is 8.65. The second kappa shape index (κ2) is 9.48. The Labute approximate surface area is 180 Å². The molecule has 0 saturated carbocycles. The normalized spacial score (nSPS) is 27.0. The van der Waals surface area contributed by atoms with Crippen LogP contribution >= 0.6 is 0 Å². The fraction of sp³-hybridized carbons (Fsp3) is 0.667. The van der Waals surface area contributed by atoms with Gasteiger partial charge in [0.25, 0.3) is 0 Å². The van der Waals surface area contributed by atoms with Gasteiger partial charge in [-0.15, -0.1) is 0 Å². The summed E-state index contributed by atoms with van der Waals surface area (Å²) in [5.41, 5.74) is 2.69. The molecule has 6 heteroatoms. The average molecular weight is 413 g/mol. The van der Waals surface area contributed by atoms with Gasteiger partial charge in [0.15, 0.2) is 0 Å². The zero-order valence-electron chi connectivity index (χ0n) is 18.3. The van der Waals surface area contributed by atoms with Crippen LogP contribution in [0.1, 0.15) is 50.2 Å². The summed E-state index contributed by atoms with van der Waals surface area (Å²) < 4.78 is 0. The molecule has 2 N–H and O–H groups in total. The minimum Gasteiger partial charge on any atom is -0.356 e. The summed E-state index contributed by atoms with van der Waals surface area (Å²) in [6.45, 7) is 7.88. The number of hydrogen-bond donors (Lipinski definition) is 2. The third-order valence-corrected chi connectivity index (χ3v) is 7.18. The molecule has 1 spiro atoms. The van der Waals surface area contributed by atoms with Crippen LogP contribution in [0.15, 0.2) is 24.3 Å². The SMILES string of the molecule is CC(=O)NCCC(=O)N1Cc2ccccc2CC2(CCCCN2CC2CCNC2)C1. The first-order valence-electron chi connectivity index (χ1n) is 11.6. The lowest BCUT2D eigenvalue weighted by Gasteiger charge is -2.49. The van der Waals surface area contributed by atoms with E-state index < -0.39 is 0 Å². The van der Waals surface area contributed by atoms with Gasteiger partial charge in [-0.3, -0.25) is 14.5 Å². The van der Waals surface area contributed by atoms with Gasteiger partial charge in [0.1, 0.15) is 0 Å². The molecule has 2 amide bonds. The minimum atomic E-state index is -0.0795. The fourth-order valence-corrected chi connectivity index (χ4v) is 5.59. The molecule has 2 fully saturated rings. The van der Waals surface area contributed by atoms with Crippen LogP contribution in [-0.2, 0) is 22.6 Å². The predicted molar refractivity (Wildman–Crippen MR) is 118 cm³/mol. The first kappa shape index (κ1) is 21.3. The summed E-state index contributed by atoms with van der Waals surface area (Å²) in [5.74, 6) is 0.777. The Morgan fingerprint density at radius 3 is 2.83 bits per heavy atom. The number of hydrogen-bond acceptors (Lipinski definition) is 4. The highest BCUT2D eigenvalue weighted by molar-refractivity contribution is 5.78. The van der Waals surface area contributed by atoms with Crippen molar-refractivity contribution in [3.63, 3.8) is 0 Å². The van der Waals surface area contributed by atoms with Crippen molar-refractivity contribution in [3.8, 4) is 0 Å². The second-order valence-electron chi connectivity index (χ2n) is 9.41. The molecule has 3 heterocycles. The molecule has 2 saturated heterocycles. The van der Waals surface area contributed by atoms with Gasteiger partial charge in [0.05, 0.1) is 0 Å². The van der Waals surface area contributed by atoms with Crippen molar-refractivity contribution < 1.29 is 9.59 Å². The molecular weight excluding hydrogens is 376 g/mol. The molecule has 30 heavy (non-hydrogen) atoms. The van der Waals surface area contributed by atoms with Crippen molar-refractivity contribution in [2.24, 2.45) is 5.92 Å². The third-order valence-electron chi connectivity index (χ3n) is 7.18. The summed E-state index contributed by atoms with van der Waals surface area (Å²) in [7, 11) is 0. The third kappa shape index (κ3) is 4.86. The largest absolute Gasteiger partial charge is 0.356 e. The first-order chi connectivity index (χ1) is 14.6. The van der Waals surface area contributed by atoms with E-state index in [0.29, 0.717) is 25.4 Å².